The van der Waals surface area contributed by atoms with Crippen LogP contribution in [-0.2, 0) is 28.6 Å². The summed E-state index contributed by atoms with van der Waals surface area (Å²) < 4.78 is 18.3. The number of aliphatic carboxylic acids is 1. The van der Waals surface area contributed by atoms with E-state index in [9.17, 15) is 29.7 Å². The third-order valence-corrected chi connectivity index (χ3v) is 13.2. The SMILES string of the molecule is CC(=O)OC1CC2(C)C(CCC3C4(C)CCC(O)C(C)C4C(OC(=O)C(C)(C)OC(C)C)C(O)C32C)/C1=C(\CCCC(C)C)C(=O)O. The molecule has 0 saturated heterocycles. The van der Waals surface area contributed by atoms with E-state index in [0.29, 0.717) is 55.6 Å². The van der Waals surface area contributed by atoms with Gasteiger partial charge in [-0.2, -0.15) is 0 Å². The minimum absolute atomic E-state index is 0.00683. The minimum Gasteiger partial charge on any atom is -0.478 e. The van der Waals surface area contributed by atoms with Gasteiger partial charge in [0, 0.05) is 23.8 Å². The van der Waals surface area contributed by atoms with E-state index in [1.165, 1.54) is 6.92 Å². The number of carboxylic acids is 1. The number of hydrogen-bond acceptors (Lipinski definition) is 8. The zero-order chi connectivity index (χ0) is 35.4. The van der Waals surface area contributed by atoms with Crippen LogP contribution >= 0.6 is 0 Å². The van der Waals surface area contributed by atoms with Gasteiger partial charge in [-0.15, -0.1) is 0 Å². The molecule has 9 nitrogen and oxygen atoms in total. The monoisotopic (exact) mass is 662 g/mol. The Labute approximate surface area is 282 Å². The van der Waals surface area contributed by atoms with Gasteiger partial charge >= 0.3 is 17.9 Å². The van der Waals surface area contributed by atoms with Gasteiger partial charge in [0.05, 0.1) is 18.3 Å². The van der Waals surface area contributed by atoms with Crippen molar-refractivity contribution in [2.45, 2.75) is 164 Å². The van der Waals surface area contributed by atoms with Crippen LogP contribution < -0.4 is 0 Å². The average Bonchev–Trinajstić information content (AvgIpc) is 3.22. The first-order chi connectivity index (χ1) is 21.6. The van der Waals surface area contributed by atoms with Crippen molar-refractivity contribution in [3.8, 4) is 0 Å². The van der Waals surface area contributed by atoms with Crippen LogP contribution in [0.4, 0.5) is 0 Å². The summed E-state index contributed by atoms with van der Waals surface area (Å²) in [5.41, 5.74) is -2.14. The summed E-state index contributed by atoms with van der Waals surface area (Å²) in [6.45, 7) is 21.1. The lowest BCUT2D eigenvalue weighted by atomic mass is 9.35. The molecule has 47 heavy (non-hydrogen) atoms. The number of hydrogen-bond donors (Lipinski definition) is 3. The van der Waals surface area contributed by atoms with Crippen LogP contribution in [0, 0.1) is 45.8 Å². The number of ether oxygens (including phenoxy) is 3. The maximum Gasteiger partial charge on any atom is 0.338 e. The summed E-state index contributed by atoms with van der Waals surface area (Å²) in [4.78, 5) is 39.2. The maximum atomic E-state index is 13.8. The van der Waals surface area contributed by atoms with Gasteiger partial charge in [-0.3, -0.25) is 4.79 Å². The number of rotatable bonds is 10. The quantitative estimate of drug-likeness (QED) is 0.177. The topological polar surface area (TPSA) is 140 Å². The van der Waals surface area contributed by atoms with Crippen molar-refractivity contribution in [3.63, 3.8) is 0 Å². The number of fused-ring (bicyclic) bond motifs is 5. The van der Waals surface area contributed by atoms with Gasteiger partial charge < -0.3 is 29.5 Å². The molecule has 0 bridgehead atoms. The molecule has 11 atom stereocenters. The van der Waals surface area contributed by atoms with Crippen LogP contribution in [0.3, 0.4) is 0 Å². The van der Waals surface area contributed by atoms with E-state index < -0.39 is 58.8 Å². The van der Waals surface area contributed by atoms with Gasteiger partial charge in [0.2, 0.25) is 0 Å². The van der Waals surface area contributed by atoms with Crippen molar-refractivity contribution in [3.05, 3.63) is 11.1 Å². The Kier molecular flexibility index (Phi) is 10.8. The van der Waals surface area contributed by atoms with Gasteiger partial charge in [0.15, 0.2) is 5.60 Å². The van der Waals surface area contributed by atoms with Crippen molar-refractivity contribution in [2.75, 3.05) is 0 Å². The van der Waals surface area contributed by atoms with Gasteiger partial charge in [-0.1, -0.05) is 48.0 Å². The molecule has 0 aromatic carbocycles. The first kappa shape index (κ1) is 37.8. The molecule has 4 rings (SSSR count). The highest BCUT2D eigenvalue weighted by Gasteiger charge is 2.74. The van der Waals surface area contributed by atoms with E-state index >= 15 is 0 Å². The molecular weight excluding hydrogens is 600 g/mol. The third kappa shape index (κ3) is 6.42. The molecule has 4 aliphatic carbocycles. The first-order valence-electron chi connectivity index (χ1n) is 18.0. The molecule has 4 fully saturated rings. The van der Waals surface area contributed by atoms with Crippen molar-refractivity contribution in [2.24, 2.45) is 45.8 Å². The standard InChI is InChI=1S/C38H62O9/c1-20(2)13-12-14-24(33(42)43)29-25-15-16-28-36(9)18-17-26(40)22(5)30(36)31(46-34(44)35(7,8)47-21(3)4)32(41)38(28,11)37(25,10)19-27(29)45-23(6)39/h20-22,25-28,30-32,40-41H,12-19H2,1-11H3,(H,42,43)/b29-24-. The number of esters is 2. The predicted molar refractivity (Wildman–Crippen MR) is 178 cm³/mol. The Morgan fingerprint density at radius 3 is 2.19 bits per heavy atom. The van der Waals surface area contributed by atoms with Gasteiger partial charge in [0.25, 0.3) is 0 Å². The van der Waals surface area contributed by atoms with Crippen molar-refractivity contribution in [1.82, 2.24) is 0 Å². The van der Waals surface area contributed by atoms with Crippen LogP contribution in [0.15, 0.2) is 11.1 Å². The van der Waals surface area contributed by atoms with Crippen LogP contribution in [0.1, 0.15) is 128 Å². The predicted octanol–water partition coefficient (Wildman–Crippen LogP) is 6.47. The number of carbonyl (C=O) groups excluding carboxylic acids is 2. The lowest BCUT2D eigenvalue weighted by Crippen LogP contribution is -2.72. The molecular formula is C38H62O9. The van der Waals surface area contributed by atoms with Crippen molar-refractivity contribution < 1.29 is 43.9 Å². The molecule has 0 heterocycles. The smallest absolute Gasteiger partial charge is 0.338 e. The molecule has 4 saturated carbocycles. The zero-order valence-corrected chi connectivity index (χ0v) is 30.7. The fourth-order valence-electron chi connectivity index (χ4n) is 11.0. The summed E-state index contributed by atoms with van der Waals surface area (Å²) in [5, 5.41) is 34.4. The van der Waals surface area contributed by atoms with Crippen molar-refractivity contribution in [1.29, 1.82) is 0 Å². The summed E-state index contributed by atoms with van der Waals surface area (Å²) in [6.07, 6.45) is 1.56. The number of aliphatic hydroxyl groups is 2. The Morgan fingerprint density at radius 2 is 1.64 bits per heavy atom. The second-order valence-corrected chi connectivity index (χ2v) is 17.2. The maximum absolute atomic E-state index is 13.8. The number of carboxylic acid groups (broad SMARTS) is 1. The van der Waals surface area contributed by atoms with E-state index in [2.05, 4.69) is 34.6 Å². The van der Waals surface area contributed by atoms with Gasteiger partial charge in [-0.05, 0) is 113 Å². The van der Waals surface area contributed by atoms with E-state index in [-0.39, 0.29) is 35.2 Å². The summed E-state index contributed by atoms with van der Waals surface area (Å²) in [5.74, 6) is -2.35. The Hall–Kier alpha value is -1.97. The number of aliphatic hydroxyl groups excluding tert-OH is 2. The Morgan fingerprint density at radius 1 is 1.00 bits per heavy atom. The van der Waals surface area contributed by atoms with Crippen LogP contribution in [0.5, 0.6) is 0 Å². The highest BCUT2D eigenvalue weighted by Crippen LogP contribution is 2.74. The summed E-state index contributed by atoms with van der Waals surface area (Å²) >= 11 is 0. The molecule has 11 unspecified atom stereocenters. The summed E-state index contributed by atoms with van der Waals surface area (Å²) in [7, 11) is 0. The second-order valence-electron chi connectivity index (χ2n) is 17.2. The molecule has 3 N–H and O–H groups in total. The lowest BCUT2D eigenvalue weighted by Gasteiger charge is -2.70. The lowest BCUT2D eigenvalue weighted by molar-refractivity contribution is -0.291. The van der Waals surface area contributed by atoms with E-state index in [4.69, 9.17) is 14.2 Å². The highest BCUT2D eigenvalue weighted by atomic mass is 16.6. The molecule has 0 radical (unpaired) electrons. The normalized spacial score (nSPS) is 41.2. The largest absolute Gasteiger partial charge is 0.478 e. The van der Waals surface area contributed by atoms with Gasteiger partial charge in [0.1, 0.15) is 12.2 Å². The fraction of sp³-hybridized carbons (Fsp3) is 0.868. The Bertz CT molecular complexity index is 1240. The van der Waals surface area contributed by atoms with E-state index in [1.54, 1.807) is 13.8 Å². The Balaban J connectivity index is 1.88. The molecule has 0 aromatic heterocycles. The van der Waals surface area contributed by atoms with Crippen LogP contribution in [0.25, 0.3) is 0 Å². The number of carbonyl (C=O) groups is 3. The molecule has 0 spiro atoms. The minimum atomic E-state index is -1.26. The first-order valence-corrected chi connectivity index (χ1v) is 18.0. The molecule has 268 valence electrons. The second kappa shape index (κ2) is 13.4. The fourth-order valence-corrected chi connectivity index (χ4v) is 11.0. The summed E-state index contributed by atoms with van der Waals surface area (Å²) in [6, 6.07) is 0. The van der Waals surface area contributed by atoms with Crippen LogP contribution in [0.2, 0.25) is 0 Å². The molecule has 0 amide bonds. The molecule has 4 aliphatic rings. The highest BCUT2D eigenvalue weighted by molar-refractivity contribution is 5.88. The van der Waals surface area contributed by atoms with Crippen molar-refractivity contribution >= 4 is 17.9 Å². The zero-order valence-electron chi connectivity index (χ0n) is 30.7. The molecule has 9 heteroatoms. The van der Waals surface area contributed by atoms with Crippen LogP contribution in [-0.4, -0.2) is 69.3 Å². The van der Waals surface area contributed by atoms with E-state index in [1.807, 2.05) is 20.8 Å². The van der Waals surface area contributed by atoms with E-state index in [0.717, 1.165) is 12.8 Å². The average molecular weight is 663 g/mol. The molecule has 0 aliphatic heterocycles. The molecule has 0 aromatic rings. The van der Waals surface area contributed by atoms with Gasteiger partial charge in [-0.25, -0.2) is 9.59 Å². The third-order valence-electron chi connectivity index (χ3n) is 13.2.